The zero-order valence-electron chi connectivity index (χ0n) is 17.8. The van der Waals surface area contributed by atoms with Crippen molar-refractivity contribution >= 4 is 40.9 Å². The van der Waals surface area contributed by atoms with E-state index in [0.717, 1.165) is 0 Å². The molecule has 4 N–H and O–H groups in total. The highest BCUT2D eigenvalue weighted by atomic mass is 16.3. The van der Waals surface area contributed by atoms with Crippen LogP contribution in [0, 0.1) is 29.6 Å². The van der Waals surface area contributed by atoms with Gasteiger partial charge in [-0.3, -0.25) is 28.9 Å². The molecular formula is C23H22N2O8. The number of carbonyl (C=O) groups excluding carboxylic acids is 6. The van der Waals surface area contributed by atoms with Gasteiger partial charge < -0.3 is 20.7 Å². The number of aliphatic hydroxyl groups is 1. The molecule has 172 valence electrons. The van der Waals surface area contributed by atoms with Gasteiger partial charge in [-0.2, -0.15) is 0 Å². The van der Waals surface area contributed by atoms with Crippen molar-refractivity contribution in [1.82, 2.24) is 4.90 Å². The molecule has 0 radical (unpaired) electrons. The zero-order valence-corrected chi connectivity index (χ0v) is 17.8. The molecule has 7 atom stereocenters. The first-order chi connectivity index (χ1) is 15.4. The van der Waals surface area contributed by atoms with E-state index in [1.807, 2.05) is 0 Å². The van der Waals surface area contributed by atoms with Crippen LogP contribution >= 0.6 is 0 Å². The van der Waals surface area contributed by atoms with E-state index in [0.29, 0.717) is 6.29 Å². The summed E-state index contributed by atoms with van der Waals surface area (Å²) < 4.78 is 0. The topological polar surface area (TPSA) is 172 Å². The van der Waals surface area contributed by atoms with Gasteiger partial charge in [0.2, 0.25) is 5.91 Å². The van der Waals surface area contributed by atoms with Crippen LogP contribution in [0.3, 0.4) is 0 Å². The molecule has 33 heavy (non-hydrogen) atoms. The van der Waals surface area contributed by atoms with Gasteiger partial charge in [0.15, 0.2) is 34.7 Å². The largest absolute Gasteiger partial charge is 0.507 e. The number of hydrogen-bond acceptors (Lipinski definition) is 9. The van der Waals surface area contributed by atoms with Crippen LogP contribution in [0.2, 0.25) is 0 Å². The second-order valence-corrected chi connectivity index (χ2v) is 8.97. The standard InChI is InChI=1S/C23H22N2O8/c1-8-9-5-4-6-11(27)13(9)18(28)14-12(8)10(7-26)16-17(25(2)3)19(29)15(22(24)32)21(31)23(16,33)20(14)30/h4-7,10,12,14-17,27,33H,1H2,2-3H3,(H2,24,32)/t10-,12-,14?,15?,16-,17-,23-/m0/s1. The summed E-state index contributed by atoms with van der Waals surface area (Å²) in [5.41, 5.74) is 2.48. The van der Waals surface area contributed by atoms with Crippen LogP contribution in [0.5, 0.6) is 5.75 Å². The lowest BCUT2D eigenvalue weighted by Gasteiger charge is -2.55. The summed E-state index contributed by atoms with van der Waals surface area (Å²) in [5.74, 6) is -14.2. The molecule has 0 bridgehead atoms. The molecule has 10 nitrogen and oxygen atoms in total. The van der Waals surface area contributed by atoms with Crippen LogP contribution in [0.25, 0.3) is 5.57 Å². The maximum atomic E-state index is 13.7. The Morgan fingerprint density at radius 2 is 1.82 bits per heavy atom. The number of carbonyl (C=O) groups is 6. The van der Waals surface area contributed by atoms with Crippen molar-refractivity contribution in [3.8, 4) is 5.75 Å². The minimum absolute atomic E-state index is 0.187. The number of fused-ring (bicyclic) bond motifs is 3. The maximum Gasteiger partial charge on any atom is 0.235 e. The van der Waals surface area contributed by atoms with Gasteiger partial charge in [-0.1, -0.05) is 18.7 Å². The van der Waals surface area contributed by atoms with Gasteiger partial charge in [0, 0.05) is 17.8 Å². The third kappa shape index (κ3) is 2.67. The fourth-order valence-electron chi connectivity index (χ4n) is 5.84. The minimum atomic E-state index is -2.99. The highest BCUT2D eigenvalue weighted by Crippen LogP contribution is 2.55. The summed E-state index contributed by atoms with van der Waals surface area (Å²) in [6.45, 7) is 3.95. The van der Waals surface area contributed by atoms with Crippen molar-refractivity contribution < 1.29 is 39.0 Å². The molecule has 0 saturated heterocycles. The first-order valence-electron chi connectivity index (χ1n) is 10.2. The van der Waals surface area contributed by atoms with Crippen molar-refractivity contribution in [3.05, 3.63) is 35.9 Å². The number of nitrogens with zero attached hydrogens (tertiary/aromatic N) is 1. The van der Waals surface area contributed by atoms with E-state index in [1.165, 1.54) is 37.2 Å². The van der Waals surface area contributed by atoms with E-state index in [4.69, 9.17) is 5.73 Å². The van der Waals surface area contributed by atoms with Crippen LogP contribution in [-0.2, 0) is 24.0 Å². The number of benzene rings is 1. The Hall–Kier alpha value is -3.50. The number of amides is 1. The number of Topliss-reactive ketones (excluding diaryl/α,β-unsaturated/α-hetero) is 4. The van der Waals surface area contributed by atoms with Crippen LogP contribution in [0.1, 0.15) is 15.9 Å². The fraction of sp³-hybridized carbons (Fsp3) is 0.391. The Labute approximate surface area is 188 Å². The number of phenolic OH excluding ortho intramolecular Hbond substituents is 1. The van der Waals surface area contributed by atoms with Gasteiger partial charge in [-0.15, -0.1) is 0 Å². The Balaban J connectivity index is 2.01. The Morgan fingerprint density at radius 1 is 1.18 bits per heavy atom. The number of phenols is 1. The molecule has 0 aromatic heterocycles. The van der Waals surface area contributed by atoms with Gasteiger partial charge in [0.05, 0.1) is 17.5 Å². The summed E-state index contributed by atoms with van der Waals surface area (Å²) in [7, 11) is 2.87. The first kappa shape index (κ1) is 22.7. The number of nitrogens with two attached hydrogens (primary N) is 1. The molecule has 1 aromatic carbocycles. The molecule has 2 saturated carbocycles. The average molecular weight is 454 g/mol. The molecule has 1 amide bonds. The van der Waals surface area contributed by atoms with Gasteiger partial charge in [-0.25, -0.2) is 0 Å². The van der Waals surface area contributed by atoms with Crippen LogP contribution in [-0.4, -0.2) is 76.2 Å². The lowest BCUT2D eigenvalue weighted by molar-refractivity contribution is -0.185. The van der Waals surface area contributed by atoms with E-state index < -0.39 is 76.0 Å². The zero-order chi connectivity index (χ0) is 24.6. The SMILES string of the molecule is C=C1c2cccc(O)c2C(=O)C2C(=O)[C@]3(O)C(=O)C(C(N)=O)C(=O)[C@@H](N(C)C)[C@@H]3[C@@H](C=O)[C@H]12. The molecule has 3 aliphatic rings. The van der Waals surface area contributed by atoms with Gasteiger partial charge in [0.1, 0.15) is 12.0 Å². The van der Waals surface area contributed by atoms with Crippen LogP contribution in [0.4, 0.5) is 0 Å². The third-order valence-corrected chi connectivity index (χ3v) is 7.20. The Kier molecular flexibility index (Phi) is 4.99. The van der Waals surface area contributed by atoms with Crippen LogP contribution in [0.15, 0.2) is 24.8 Å². The molecule has 0 heterocycles. The van der Waals surface area contributed by atoms with E-state index in [-0.39, 0.29) is 16.7 Å². The lowest BCUT2D eigenvalue weighted by atomic mass is 9.48. The number of allylic oxidation sites excluding steroid dienone is 1. The number of likely N-dealkylation sites (N-methyl/N-ethyl adjacent to an activating group) is 1. The number of primary amides is 1. The number of aldehydes is 1. The molecule has 0 aliphatic heterocycles. The normalized spacial score (nSPS) is 35.7. The molecule has 3 aliphatic carbocycles. The predicted molar refractivity (Wildman–Crippen MR) is 112 cm³/mol. The first-order valence-corrected chi connectivity index (χ1v) is 10.2. The average Bonchev–Trinajstić information content (AvgIpc) is 2.73. The number of aromatic hydroxyl groups is 1. The highest BCUT2D eigenvalue weighted by Gasteiger charge is 2.72. The second kappa shape index (κ2) is 7.26. The second-order valence-electron chi connectivity index (χ2n) is 8.97. The van der Waals surface area contributed by atoms with Gasteiger partial charge in [0.25, 0.3) is 0 Å². The predicted octanol–water partition coefficient (Wildman–Crippen LogP) is -1.24. The molecule has 0 spiro atoms. The summed E-state index contributed by atoms with van der Waals surface area (Å²) in [5, 5.41) is 21.8. The quantitative estimate of drug-likeness (QED) is 0.373. The summed E-state index contributed by atoms with van der Waals surface area (Å²) in [6.07, 6.45) is 0.396. The number of hydrogen-bond donors (Lipinski definition) is 3. The summed E-state index contributed by atoms with van der Waals surface area (Å²) >= 11 is 0. The van der Waals surface area contributed by atoms with Gasteiger partial charge >= 0.3 is 0 Å². The van der Waals surface area contributed by atoms with Crippen molar-refractivity contribution in [2.75, 3.05) is 14.1 Å². The molecule has 4 rings (SSSR count). The monoisotopic (exact) mass is 454 g/mol. The van der Waals surface area contributed by atoms with E-state index in [1.54, 1.807) is 0 Å². The summed E-state index contributed by atoms with van der Waals surface area (Å²) in [4.78, 5) is 79.1. The van der Waals surface area contributed by atoms with Gasteiger partial charge in [-0.05, 0) is 31.3 Å². The Bertz CT molecular complexity index is 1170. The number of ketones is 4. The molecule has 10 heteroatoms. The van der Waals surface area contributed by atoms with Crippen molar-refractivity contribution in [1.29, 1.82) is 0 Å². The maximum absolute atomic E-state index is 13.7. The fourth-order valence-corrected chi connectivity index (χ4v) is 5.84. The molecule has 2 unspecified atom stereocenters. The minimum Gasteiger partial charge on any atom is -0.507 e. The van der Waals surface area contributed by atoms with Crippen molar-refractivity contribution in [2.24, 2.45) is 35.3 Å². The van der Waals surface area contributed by atoms with Crippen molar-refractivity contribution in [2.45, 2.75) is 11.6 Å². The smallest absolute Gasteiger partial charge is 0.235 e. The summed E-state index contributed by atoms with van der Waals surface area (Å²) in [6, 6.07) is 2.82. The van der Waals surface area contributed by atoms with E-state index in [9.17, 15) is 39.0 Å². The molecular weight excluding hydrogens is 432 g/mol. The lowest BCUT2D eigenvalue weighted by Crippen LogP contribution is -2.76. The highest BCUT2D eigenvalue weighted by molar-refractivity contribution is 6.33. The molecule has 2 fully saturated rings. The Morgan fingerprint density at radius 3 is 2.36 bits per heavy atom. The van der Waals surface area contributed by atoms with E-state index >= 15 is 0 Å². The van der Waals surface area contributed by atoms with E-state index in [2.05, 4.69) is 6.58 Å². The third-order valence-electron chi connectivity index (χ3n) is 7.20. The van der Waals surface area contributed by atoms with Crippen molar-refractivity contribution in [3.63, 3.8) is 0 Å². The molecule has 1 aromatic rings. The van der Waals surface area contributed by atoms with Crippen LogP contribution < -0.4 is 5.73 Å². The number of rotatable bonds is 3.